The lowest BCUT2D eigenvalue weighted by Crippen LogP contribution is -2.25. The van der Waals surface area contributed by atoms with Crippen LogP contribution < -0.4 is 10.6 Å². The highest BCUT2D eigenvalue weighted by molar-refractivity contribution is 6.04. The van der Waals surface area contributed by atoms with E-state index in [-0.39, 0.29) is 11.8 Å². The molecule has 1 aliphatic carbocycles. The van der Waals surface area contributed by atoms with Gasteiger partial charge >= 0.3 is 0 Å². The van der Waals surface area contributed by atoms with Crippen molar-refractivity contribution >= 4 is 17.5 Å². The van der Waals surface area contributed by atoms with Crippen LogP contribution in [0.15, 0.2) is 67.0 Å². The van der Waals surface area contributed by atoms with Crippen LogP contribution in [0.4, 0.5) is 5.69 Å². The van der Waals surface area contributed by atoms with E-state index in [2.05, 4.69) is 15.7 Å². The number of carbonyl (C=O) groups is 2. The van der Waals surface area contributed by atoms with E-state index >= 15 is 0 Å². The van der Waals surface area contributed by atoms with Crippen molar-refractivity contribution in [3.8, 4) is 5.69 Å². The molecule has 26 heavy (non-hydrogen) atoms. The summed E-state index contributed by atoms with van der Waals surface area (Å²) in [6.07, 6.45) is 5.66. The molecule has 2 aromatic carbocycles. The van der Waals surface area contributed by atoms with Crippen molar-refractivity contribution in [3.05, 3.63) is 78.1 Å². The Balaban J connectivity index is 1.40. The van der Waals surface area contributed by atoms with Crippen molar-refractivity contribution in [1.29, 1.82) is 0 Å². The standard InChI is InChI=1S/C20H18N4O2/c25-19(23-17-8-9-17)14-2-6-16(7-3-14)22-20(26)15-4-10-18(11-5-15)24-13-1-12-21-24/h1-7,10-13,17H,8-9H2,(H,22,26)(H,23,25). The van der Waals surface area contributed by atoms with E-state index in [1.165, 1.54) is 0 Å². The SMILES string of the molecule is O=C(Nc1ccc(C(=O)NC2CC2)cc1)c1ccc(-n2cccn2)cc1. The van der Waals surface area contributed by atoms with Gasteiger partial charge in [0.1, 0.15) is 0 Å². The Kier molecular flexibility index (Phi) is 4.23. The number of carbonyl (C=O) groups excluding carboxylic acids is 2. The number of hydrogen-bond donors (Lipinski definition) is 2. The number of benzene rings is 2. The summed E-state index contributed by atoms with van der Waals surface area (Å²) >= 11 is 0. The van der Waals surface area contributed by atoms with Crippen LogP contribution in [0.25, 0.3) is 5.69 Å². The van der Waals surface area contributed by atoms with Gasteiger partial charge in [-0.2, -0.15) is 5.10 Å². The highest BCUT2D eigenvalue weighted by atomic mass is 16.2. The van der Waals surface area contributed by atoms with Crippen LogP contribution in [0, 0.1) is 0 Å². The maximum atomic E-state index is 12.4. The van der Waals surface area contributed by atoms with Crippen molar-refractivity contribution < 1.29 is 9.59 Å². The van der Waals surface area contributed by atoms with Crippen LogP contribution >= 0.6 is 0 Å². The van der Waals surface area contributed by atoms with E-state index < -0.39 is 0 Å². The summed E-state index contributed by atoms with van der Waals surface area (Å²) in [6.45, 7) is 0. The predicted octanol–water partition coefficient (Wildman–Crippen LogP) is 3.02. The molecule has 1 saturated carbocycles. The molecule has 1 aliphatic rings. The highest BCUT2D eigenvalue weighted by Crippen LogP contribution is 2.20. The Bertz CT molecular complexity index is 911. The molecule has 4 rings (SSSR count). The Morgan fingerprint density at radius 3 is 2.19 bits per heavy atom. The lowest BCUT2D eigenvalue weighted by atomic mass is 10.1. The van der Waals surface area contributed by atoms with Crippen molar-refractivity contribution in [2.75, 3.05) is 5.32 Å². The summed E-state index contributed by atoms with van der Waals surface area (Å²) in [5.41, 5.74) is 2.68. The number of rotatable bonds is 5. The molecule has 0 radical (unpaired) electrons. The van der Waals surface area contributed by atoms with E-state index in [9.17, 15) is 9.59 Å². The summed E-state index contributed by atoms with van der Waals surface area (Å²) in [7, 11) is 0. The maximum absolute atomic E-state index is 12.4. The molecule has 1 heterocycles. The zero-order valence-corrected chi connectivity index (χ0v) is 14.1. The summed E-state index contributed by atoms with van der Waals surface area (Å²) < 4.78 is 1.73. The fourth-order valence-electron chi connectivity index (χ4n) is 2.59. The van der Waals surface area contributed by atoms with Gasteiger partial charge in [0.05, 0.1) is 5.69 Å². The zero-order valence-electron chi connectivity index (χ0n) is 14.1. The molecule has 0 bridgehead atoms. The molecule has 0 atom stereocenters. The van der Waals surface area contributed by atoms with E-state index in [0.29, 0.717) is 22.9 Å². The monoisotopic (exact) mass is 346 g/mol. The third-order valence-electron chi connectivity index (χ3n) is 4.22. The van der Waals surface area contributed by atoms with Gasteiger partial charge in [-0.05, 0) is 67.4 Å². The molecule has 130 valence electrons. The quantitative estimate of drug-likeness (QED) is 0.746. The summed E-state index contributed by atoms with van der Waals surface area (Å²) in [5, 5.41) is 9.93. The molecule has 2 N–H and O–H groups in total. The molecule has 0 unspecified atom stereocenters. The van der Waals surface area contributed by atoms with E-state index in [1.54, 1.807) is 47.3 Å². The van der Waals surface area contributed by atoms with Crippen LogP contribution in [0.2, 0.25) is 0 Å². The van der Waals surface area contributed by atoms with Crippen LogP contribution in [0.3, 0.4) is 0 Å². The van der Waals surface area contributed by atoms with Gasteiger partial charge in [-0.25, -0.2) is 4.68 Å². The first kappa shape index (κ1) is 16.1. The molecule has 0 spiro atoms. The second kappa shape index (κ2) is 6.84. The zero-order chi connectivity index (χ0) is 17.9. The van der Waals surface area contributed by atoms with Gasteiger partial charge < -0.3 is 10.6 Å². The molecule has 6 nitrogen and oxygen atoms in total. The first-order valence-electron chi connectivity index (χ1n) is 8.51. The Morgan fingerprint density at radius 1 is 0.923 bits per heavy atom. The largest absolute Gasteiger partial charge is 0.349 e. The molecule has 1 fully saturated rings. The Morgan fingerprint density at radius 2 is 1.58 bits per heavy atom. The smallest absolute Gasteiger partial charge is 0.255 e. The number of aromatic nitrogens is 2. The Labute approximate surface area is 150 Å². The minimum atomic E-state index is -0.202. The number of nitrogens with one attached hydrogen (secondary N) is 2. The second-order valence-electron chi connectivity index (χ2n) is 6.28. The average molecular weight is 346 g/mol. The van der Waals surface area contributed by atoms with Crippen molar-refractivity contribution in [2.45, 2.75) is 18.9 Å². The fourth-order valence-corrected chi connectivity index (χ4v) is 2.59. The number of nitrogens with zero attached hydrogens (tertiary/aromatic N) is 2. The lowest BCUT2D eigenvalue weighted by Gasteiger charge is -2.08. The molecular formula is C20H18N4O2. The number of anilines is 1. The first-order valence-corrected chi connectivity index (χ1v) is 8.51. The van der Waals surface area contributed by atoms with Gasteiger partial charge in [-0.15, -0.1) is 0 Å². The van der Waals surface area contributed by atoms with Gasteiger partial charge in [0.2, 0.25) is 0 Å². The average Bonchev–Trinajstić information content (AvgIpc) is 3.31. The number of hydrogen-bond acceptors (Lipinski definition) is 3. The Hall–Kier alpha value is -3.41. The van der Waals surface area contributed by atoms with Gasteiger partial charge in [0.25, 0.3) is 11.8 Å². The second-order valence-corrected chi connectivity index (χ2v) is 6.28. The first-order chi connectivity index (χ1) is 12.7. The van der Waals surface area contributed by atoms with Crippen LogP contribution in [0.1, 0.15) is 33.6 Å². The van der Waals surface area contributed by atoms with Crippen LogP contribution in [-0.4, -0.2) is 27.6 Å². The molecule has 0 aliphatic heterocycles. The van der Waals surface area contributed by atoms with E-state index in [4.69, 9.17) is 0 Å². The van der Waals surface area contributed by atoms with Gasteiger partial charge in [-0.3, -0.25) is 9.59 Å². The third kappa shape index (κ3) is 3.64. The number of amides is 2. The summed E-state index contributed by atoms with van der Waals surface area (Å²) in [4.78, 5) is 24.3. The van der Waals surface area contributed by atoms with Crippen molar-refractivity contribution in [2.24, 2.45) is 0 Å². The summed E-state index contributed by atoms with van der Waals surface area (Å²) in [6, 6.07) is 16.3. The molecule has 1 aromatic heterocycles. The maximum Gasteiger partial charge on any atom is 0.255 e. The molecule has 6 heteroatoms. The minimum absolute atomic E-state index is 0.0698. The van der Waals surface area contributed by atoms with E-state index in [0.717, 1.165) is 18.5 Å². The van der Waals surface area contributed by atoms with Crippen LogP contribution in [0.5, 0.6) is 0 Å². The fraction of sp³-hybridized carbons (Fsp3) is 0.150. The normalized spacial score (nSPS) is 13.2. The highest BCUT2D eigenvalue weighted by Gasteiger charge is 2.23. The topological polar surface area (TPSA) is 76.0 Å². The van der Waals surface area contributed by atoms with Gasteiger partial charge in [-0.1, -0.05) is 0 Å². The van der Waals surface area contributed by atoms with E-state index in [1.807, 2.05) is 24.4 Å². The van der Waals surface area contributed by atoms with Gasteiger partial charge in [0, 0.05) is 35.2 Å². The molecular weight excluding hydrogens is 328 g/mol. The van der Waals surface area contributed by atoms with Crippen molar-refractivity contribution in [3.63, 3.8) is 0 Å². The molecule has 3 aromatic rings. The van der Waals surface area contributed by atoms with Crippen molar-refractivity contribution in [1.82, 2.24) is 15.1 Å². The van der Waals surface area contributed by atoms with Crippen LogP contribution in [-0.2, 0) is 0 Å². The molecule has 0 saturated heterocycles. The lowest BCUT2D eigenvalue weighted by molar-refractivity contribution is 0.0950. The predicted molar refractivity (Wildman–Crippen MR) is 98.4 cm³/mol. The summed E-state index contributed by atoms with van der Waals surface area (Å²) in [5.74, 6) is -0.271. The molecule has 2 amide bonds. The minimum Gasteiger partial charge on any atom is -0.349 e. The third-order valence-corrected chi connectivity index (χ3v) is 4.22. The van der Waals surface area contributed by atoms with Gasteiger partial charge in [0.15, 0.2) is 0 Å².